The first-order chi connectivity index (χ1) is 7.99. The fraction of sp³-hybridized carbons (Fsp3) is 0.929. The van der Waals surface area contributed by atoms with E-state index in [1.54, 1.807) is 0 Å². The van der Waals surface area contributed by atoms with E-state index in [1.165, 1.54) is 19.3 Å². The normalized spacial score (nSPS) is 34.5. The maximum atomic E-state index is 11.4. The van der Waals surface area contributed by atoms with E-state index in [0.717, 1.165) is 32.4 Å². The molecule has 1 aliphatic heterocycles. The summed E-state index contributed by atoms with van der Waals surface area (Å²) in [6, 6.07) is 0.289. The molecular formula is C14H25NO2. The topological polar surface area (TPSA) is 40.5 Å². The van der Waals surface area contributed by atoms with E-state index in [9.17, 15) is 9.90 Å². The van der Waals surface area contributed by atoms with Crippen LogP contribution in [-0.4, -0.2) is 35.1 Å². The number of carboxylic acids is 1. The fourth-order valence-electron chi connectivity index (χ4n) is 3.45. The van der Waals surface area contributed by atoms with Crippen molar-refractivity contribution >= 4 is 5.97 Å². The molecule has 17 heavy (non-hydrogen) atoms. The molecule has 0 bridgehead atoms. The molecule has 0 aromatic rings. The van der Waals surface area contributed by atoms with E-state index in [0.29, 0.717) is 5.41 Å². The van der Waals surface area contributed by atoms with Crippen LogP contribution in [0.5, 0.6) is 0 Å². The van der Waals surface area contributed by atoms with E-state index in [4.69, 9.17) is 0 Å². The van der Waals surface area contributed by atoms with Gasteiger partial charge >= 0.3 is 5.97 Å². The zero-order valence-corrected chi connectivity index (χ0v) is 11.1. The van der Waals surface area contributed by atoms with E-state index in [-0.39, 0.29) is 12.0 Å². The second kappa shape index (κ2) is 4.97. The number of hydrogen-bond donors (Lipinski definition) is 1. The molecule has 0 radical (unpaired) electrons. The third kappa shape index (κ3) is 3.01. The van der Waals surface area contributed by atoms with Crippen LogP contribution in [0.1, 0.15) is 52.4 Å². The van der Waals surface area contributed by atoms with Gasteiger partial charge in [-0.25, -0.2) is 0 Å². The van der Waals surface area contributed by atoms with Crippen LogP contribution in [-0.2, 0) is 4.79 Å². The number of carboxylic acid groups (broad SMARTS) is 1. The molecule has 1 saturated carbocycles. The van der Waals surface area contributed by atoms with Gasteiger partial charge in [0.25, 0.3) is 0 Å². The van der Waals surface area contributed by atoms with Crippen molar-refractivity contribution in [3.8, 4) is 0 Å². The molecule has 2 unspecified atom stereocenters. The monoisotopic (exact) mass is 239 g/mol. The molecule has 98 valence electrons. The Bertz CT molecular complexity index is 288. The van der Waals surface area contributed by atoms with Gasteiger partial charge in [0.1, 0.15) is 0 Å². The van der Waals surface area contributed by atoms with Gasteiger partial charge in [0.05, 0.1) is 5.92 Å². The largest absolute Gasteiger partial charge is 0.481 e. The molecule has 0 amide bonds. The maximum absolute atomic E-state index is 11.4. The van der Waals surface area contributed by atoms with Gasteiger partial charge in [0.2, 0.25) is 0 Å². The van der Waals surface area contributed by atoms with Gasteiger partial charge in [-0.1, -0.05) is 33.1 Å². The third-order valence-corrected chi connectivity index (χ3v) is 4.47. The second-order valence-corrected chi connectivity index (χ2v) is 6.53. The van der Waals surface area contributed by atoms with Crippen LogP contribution in [0.25, 0.3) is 0 Å². The molecule has 2 atom stereocenters. The Morgan fingerprint density at radius 2 is 1.94 bits per heavy atom. The Hall–Kier alpha value is -0.570. The summed E-state index contributed by atoms with van der Waals surface area (Å²) < 4.78 is 0. The molecular weight excluding hydrogens is 214 g/mol. The van der Waals surface area contributed by atoms with Gasteiger partial charge in [0.15, 0.2) is 0 Å². The number of hydrogen-bond acceptors (Lipinski definition) is 2. The van der Waals surface area contributed by atoms with Crippen LogP contribution in [0.3, 0.4) is 0 Å². The quantitative estimate of drug-likeness (QED) is 0.753. The van der Waals surface area contributed by atoms with Gasteiger partial charge in [0, 0.05) is 12.6 Å². The van der Waals surface area contributed by atoms with Crippen LogP contribution in [0.4, 0.5) is 0 Å². The van der Waals surface area contributed by atoms with E-state index in [2.05, 4.69) is 18.7 Å². The van der Waals surface area contributed by atoms with E-state index in [1.807, 2.05) is 0 Å². The second-order valence-electron chi connectivity index (χ2n) is 6.53. The molecule has 3 nitrogen and oxygen atoms in total. The number of rotatable bonds is 2. The van der Waals surface area contributed by atoms with Gasteiger partial charge in [-0.3, -0.25) is 9.69 Å². The van der Waals surface area contributed by atoms with Crippen LogP contribution in [0, 0.1) is 11.3 Å². The number of nitrogens with zero attached hydrogens (tertiary/aromatic N) is 1. The average molecular weight is 239 g/mol. The highest BCUT2D eigenvalue weighted by atomic mass is 16.4. The lowest BCUT2D eigenvalue weighted by Gasteiger charge is -2.32. The summed E-state index contributed by atoms with van der Waals surface area (Å²) in [4.78, 5) is 13.9. The van der Waals surface area contributed by atoms with Gasteiger partial charge in [-0.05, 0) is 31.2 Å². The molecule has 0 aromatic carbocycles. The van der Waals surface area contributed by atoms with Crippen molar-refractivity contribution in [3.63, 3.8) is 0 Å². The predicted octanol–water partition coefficient (Wildman–Crippen LogP) is 2.75. The zero-order chi connectivity index (χ0) is 12.5. The Morgan fingerprint density at radius 1 is 1.24 bits per heavy atom. The van der Waals surface area contributed by atoms with Crippen molar-refractivity contribution in [1.82, 2.24) is 4.90 Å². The van der Waals surface area contributed by atoms with Crippen LogP contribution in [0.15, 0.2) is 0 Å². The van der Waals surface area contributed by atoms with Crippen molar-refractivity contribution in [2.75, 3.05) is 13.1 Å². The summed E-state index contributed by atoms with van der Waals surface area (Å²) >= 11 is 0. The minimum absolute atomic E-state index is 0.133. The summed E-state index contributed by atoms with van der Waals surface area (Å²) in [5.41, 5.74) is 0.370. The number of aliphatic carboxylic acids is 1. The lowest BCUT2D eigenvalue weighted by Crippen LogP contribution is -2.42. The van der Waals surface area contributed by atoms with E-state index >= 15 is 0 Å². The summed E-state index contributed by atoms with van der Waals surface area (Å²) in [5, 5.41) is 9.40. The lowest BCUT2D eigenvalue weighted by molar-refractivity contribution is -0.144. The van der Waals surface area contributed by atoms with Crippen LogP contribution >= 0.6 is 0 Å². The smallest absolute Gasteiger partial charge is 0.308 e. The SMILES string of the molecule is CC1(C)CCN(C2CCCCCC2C(=O)O)C1. The first-order valence-corrected chi connectivity index (χ1v) is 6.96. The van der Waals surface area contributed by atoms with Crippen LogP contribution in [0.2, 0.25) is 0 Å². The minimum Gasteiger partial charge on any atom is -0.481 e. The molecule has 3 heteroatoms. The molecule has 1 aliphatic carbocycles. The maximum Gasteiger partial charge on any atom is 0.308 e. The summed E-state index contributed by atoms with van der Waals surface area (Å²) in [6.45, 7) is 6.74. The van der Waals surface area contributed by atoms with Gasteiger partial charge < -0.3 is 5.11 Å². The van der Waals surface area contributed by atoms with E-state index < -0.39 is 5.97 Å². The molecule has 2 aliphatic rings. The van der Waals surface area contributed by atoms with Crippen molar-refractivity contribution in [2.45, 2.75) is 58.4 Å². The number of carbonyl (C=O) groups is 1. The highest BCUT2D eigenvalue weighted by Gasteiger charge is 2.39. The molecule has 0 aromatic heterocycles. The van der Waals surface area contributed by atoms with Crippen molar-refractivity contribution in [1.29, 1.82) is 0 Å². The summed E-state index contributed by atoms with van der Waals surface area (Å²) in [7, 11) is 0. The highest BCUT2D eigenvalue weighted by molar-refractivity contribution is 5.71. The van der Waals surface area contributed by atoms with Crippen LogP contribution < -0.4 is 0 Å². The van der Waals surface area contributed by atoms with Gasteiger partial charge in [-0.15, -0.1) is 0 Å². The van der Waals surface area contributed by atoms with Crippen molar-refractivity contribution < 1.29 is 9.90 Å². The third-order valence-electron chi connectivity index (χ3n) is 4.47. The highest BCUT2D eigenvalue weighted by Crippen LogP contribution is 2.35. The predicted molar refractivity (Wildman–Crippen MR) is 68.0 cm³/mol. The molecule has 2 rings (SSSR count). The molecule has 2 fully saturated rings. The summed E-state index contributed by atoms with van der Waals surface area (Å²) in [6.07, 6.45) is 6.65. The zero-order valence-electron chi connectivity index (χ0n) is 11.1. The number of likely N-dealkylation sites (tertiary alicyclic amines) is 1. The molecule has 1 heterocycles. The first kappa shape index (κ1) is 12.9. The summed E-state index contributed by atoms with van der Waals surface area (Å²) in [5.74, 6) is -0.715. The minimum atomic E-state index is -0.582. The average Bonchev–Trinajstić information content (AvgIpc) is 2.51. The Kier molecular flexibility index (Phi) is 3.76. The standard InChI is InChI=1S/C14H25NO2/c1-14(2)8-9-15(10-14)12-7-5-3-4-6-11(12)13(16)17/h11-12H,3-10H2,1-2H3,(H,16,17). The molecule has 1 saturated heterocycles. The Morgan fingerprint density at radius 3 is 2.53 bits per heavy atom. The molecule has 1 N–H and O–H groups in total. The van der Waals surface area contributed by atoms with Crippen molar-refractivity contribution in [3.05, 3.63) is 0 Å². The fourth-order valence-corrected chi connectivity index (χ4v) is 3.45. The van der Waals surface area contributed by atoms with Gasteiger partial charge in [-0.2, -0.15) is 0 Å². The Balaban J connectivity index is 2.07. The lowest BCUT2D eigenvalue weighted by atomic mass is 9.91. The van der Waals surface area contributed by atoms with Crippen molar-refractivity contribution in [2.24, 2.45) is 11.3 Å². The molecule has 0 spiro atoms. The Labute approximate surface area is 104 Å². The first-order valence-electron chi connectivity index (χ1n) is 6.96.